The third-order valence-corrected chi connectivity index (χ3v) is 3.55. The molecular weight excluding hydrogens is 316 g/mol. The molecule has 2 heterocycles. The van der Waals surface area contributed by atoms with E-state index in [9.17, 15) is 9.59 Å². The Balaban J connectivity index is 2.43. The Kier molecular flexibility index (Phi) is 3.96. The minimum atomic E-state index is -0.450. The molecule has 1 unspecified atom stereocenters. The number of carbonyl (C=O) groups is 2. The summed E-state index contributed by atoms with van der Waals surface area (Å²) in [7, 11) is 0. The van der Waals surface area contributed by atoms with E-state index in [1.165, 1.54) is 6.33 Å². The molecule has 0 aliphatic carbocycles. The number of hydrazine groups is 1. The summed E-state index contributed by atoms with van der Waals surface area (Å²) < 4.78 is 0.512. The highest BCUT2D eigenvalue weighted by atomic mass is 79.9. The Morgan fingerprint density at radius 3 is 2.95 bits per heavy atom. The largest absolute Gasteiger partial charge is 0.334 e. The molecule has 1 aromatic rings. The minimum absolute atomic E-state index is 0.0594. The molecule has 19 heavy (non-hydrogen) atoms. The number of nitrogens with one attached hydrogen (secondary N) is 2. The van der Waals surface area contributed by atoms with Crippen LogP contribution in [-0.2, 0) is 9.59 Å². The summed E-state index contributed by atoms with van der Waals surface area (Å²) in [5, 5.41) is 2.31. The van der Waals surface area contributed by atoms with Gasteiger partial charge in [-0.1, -0.05) is 6.92 Å². The van der Waals surface area contributed by atoms with Crippen LogP contribution in [0.15, 0.2) is 10.8 Å². The van der Waals surface area contributed by atoms with Crippen molar-refractivity contribution in [3.05, 3.63) is 10.8 Å². The van der Waals surface area contributed by atoms with Crippen LogP contribution >= 0.6 is 15.9 Å². The fourth-order valence-corrected chi connectivity index (χ4v) is 2.50. The average molecular weight is 329 g/mol. The number of imide groups is 1. The number of nitrogen functional groups attached to an aromatic ring is 1. The maximum atomic E-state index is 11.8. The highest BCUT2D eigenvalue weighted by Crippen LogP contribution is 2.31. The molecule has 0 bridgehead atoms. The second kappa shape index (κ2) is 5.49. The molecule has 1 atom stereocenters. The zero-order valence-corrected chi connectivity index (χ0v) is 11.8. The fraction of sp³-hybridized carbons (Fsp3) is 0.400. The molecule has 1 saturated heterocycles. The molecule has 8 nitrogen and oxygen atoms in total. The van der Waals surface area contributed by atoms with E-state index in [2.05, 4.69) is 36.6 Å². The molecule has 1 fully saturated rings. The smallest absolute Gasteiger partial charge is 0.249 e. The number of carbonyl (C=O) groups excluding carboxylic acids is 2. The second-order valence-corrected chi connectivity index (χ2v) is 4.76. The summed E-state index contributed by atoms with van der Waals surface area (Å²) in [4.78, 5) is 33.0. The van der Waals surface area contributed by atoms with Gasteiger partial charge in [-0.3, -0.25) is 14.9 Å². The molecule has 2 amide bonds. The first-order chi connectivity index (χ1) is 9.08. The van der Waals surface area contributed by atoms with E-state index in [-0.39, 0.29) is 18.4 Å². The number of anilines is 2. The van der Waals surface area contributed by atoms with E-state index in [0.29, 0.717) is 22.5 Å². The molecule has 0 aromatic carbocycles. The second-order valence-electron chi connectivity index (χ2n) is 3.97. The Labute approximate surface area is 117 Å². The van der Waals surface area contributed by atoms with Crippen LogP contribution in [0.5, 0.6) is 0 Å². The molecular formula is C10H13BrN6O2. The van der Waals surface area contributed by atoms with Crippen molar-refractivity contribution in [3.63, 3.8) is 0 Å². The number of hydrogen-bond donors (Lipinski definition) is 3. The third kappa shape index (κ3) is 2.51. The van der Waals surface area contributed by atoms with Crippen LogP contribution in [0, 0.1) is 0 Å². The van der Waals surface area contributed by atoms with E-state index in [1.54, 1.807) is 4.90 Å². The number of nitrogens with two attached hydrogens (primary N) is 1. The summed E-state index contributed by atoms with van der Waals surface area (Å²) in [6, 6.07) is -0.450. The van der Waals surface area contributed by atoms with Gasteiger partial charge in [-0.25, -0.2) is 15.8 Å². The van der Waals surface area contributed by atoms with Crippen LogP contribution in [0.2, 0.25) is 0 Å². The van der Waals surface area contributed by atoms with Crippen LogP contribution in [0.1, 0.15) is 13.3 Å². The van der Waals surface area contributed by atoms with Gasteiger partial charge < -0.3 is 10.3 Å². The lowest BCUT2D eigenvalue weighted by Gasteiger charge is -2.34. The van der Waals surface area contributed by atoms with E-state index >= 15 is 0 Å². The molecule has 4 N–H and O–H groups in total. The normalized spacial score (nSPS) is 19.3. The quantitative estimate of drug-likeness (QED) is 0.399. The lowest BCUT2D eigenvalue weighted by Crippen LogP contribution is -2.58. The van der Waals surface area contributed by atoms with Gasteiger partial charge in [0.15, 0.2) is 5.82 Å². The molecule has 102 valence electrons. The minimum Gasteiger partial charge on any atom is -0.334 e. The van der Waals surface area contributed by atoms with Gasteiger partial charge in [0.2, 0.25) is 11.8 Å². The number of nitrogens with zero attached hydrogens (tertiary/aromatic N) is 3. The number of halogens is 1. The van der Waals surface area contributed by atoms with Crippen LogP contribution in [0.3, 0.4) is 0 Å². The maximum Gasteiger partial charge on any atom is 0.249 e. The van der Waals surface area contributed by atoms with Crippen molar-refractivity contribution in [2.45, 2.75) is 19.4 Å². The van der Waals surface area contributed by atoms with Gasteiger partial charge in [0.1, 0.15) is 22.7 Å². The van der Waals surface area contributed by atoms with Crippen LogP contribution in [-0.4, -0.2) is 34.4 Å². The topological polar surface area (TPSA) is 113 Å². The van der Waals surface area contributed by atoms with Crippen molar-refractivity contribution >= 4 is 39.4 Å². The zero-order chi connectivity index (χ0) is 14.0. The summed E-state index contributed by atoms with van der Waals surface area (Å²) in [6.45, 7) is 1.92. The Morgan fingerprint density at radius 1 is 1.58 bits per heavy atom. The molecule has 0 radical (unpaired) electrons. The first-order valence-electron chi connectivity index (χ1n) is 5.66. The summed E-state index contributed by atoms with van der Waals surface area (Å²) in [6.07, 6.45) is 1.87. The van der Waals surface area contributed by atoms with Gasteiger partial charge >= 0.3 is 0 Å². The van der Waals surface area contributed by atoms with Crippen molar-refractivity contribution in [3.8, 4) is 0 Å². The SMILES string of the molecule is CCC1C(=O)NC(=O)CN1c1ncnc(NN)c1Br. The zero-order valence-electron chi connectivity index (χ0n) is 10.2. The van der Waals surface area contributed by atoms with Crippen molar-refractivity contribution in [1.29, 1.82) is 0 Å². The van der Waals surface area contributed by atoms with Gasteiger partial charge in [0, 0.05) is 0 Å². The number of hydrogen-bond acceptors (Lipinski definition) is 7. The molecule has 1 aliphatic rings. The van der Waals surface area contributed by atoms with Crippen LogP contribution < -0.4 is 21.5 Å². The standard InChI is InChI=1S/C10H13BrN6O2/c1-2-5-10(19)15-6(18)3-17(5)9-7(11)8(16-12)13-4-14-9/h4-5H,2-3,12H2,1H3,(H,13,14,16)(H,15,18,19). The summed E-state index contributed by atoms with van der Waals surface area (Å²) >= 11 is 3.32. The summed E-state index contributed by atoms with van der Waals surface area (Å²) in [5.41, 5.74) is 2.42. The highest BCUT2D eigenvalue weighted by Gasteiger charge is 2.34. The molecule has 1 aromatic heterocycles. The van der Waals surface area contributed by atoms with Crippen molar-refractivity contribution in [1.82, 2.24) is 15.3 Å². The predicted octanol–water partition coefficient (Wildman–Crippen LogP) is -0.234. The van der Waals surface area contributed by atoms with E-state index < -0.39 is 6.04 Å². The number of amides is 2. The van der Waals surface area contributed by atoms with Gasteiger partial charge in [-0.05, 0) is 22.4 Å². The van der Waals surface area contributed by atoms with Gasteiger partial charge in [0.05, 0.1) is 6.54 Å². The first-order valence-corrected chi connectivity index (χ1v) is 6.45. The molecule has 0 saturated carbocycles. The Hall–Kier alpha value is -1.74. The van der Waals surface area contributed by atoms with E-state index in [4.69, 9.17) is 5.84 Å². The number of aromatic nitrogens is 2. The van der Waals surface area contributed by atoms with Crippen LogP contribution in [0.4, 0.5) is 11.6 Å². The average Bonchev–Trinajstić information content (AvgIpc) is 2.38. The Morgan fingerprint density at radius 2 is 2.32 bits per heavy atom. The van der Waals surface area contributed by atoms with Crippen LogP contribution in [0.25, 0.3) is 0 Å². The molecule has 1 aliphatic heterocycles. The maximum absolute atomic E-state index is 11.8. The molecule has 2 rings (SSSR count). The highest BCUT2D eigenvalue weighted by molar-refractivity contribution is 9.10. The van der Waals surface area contributed by atoms with Crippen molar-refractivity contribution in [2.75, 3.05) is 16.9 Å². The molecule has 9 heteroatoms. The van der Waals surface area contributed by atoms with Crippen molar-refractivity contribution in [2.24, 2.45) is 5.84 Å². The first kappa shape index (κ1) is 13.7. The third-order valence-electron chi connectivity index (χ3n) is 2.82. The van der Waals surface area contributed by atoms with Gasteiger partial charge in [-0.2, -0.15) is 0 Å². The lowest BCUT2D eigenvalue weighted by atomic mass is 10.1. The van der Waals surface area contributed by atoms with Gasteiger partial charge in [0.25, 0.3) is 0 Å². The lowest BCUT2D eigenvalue weighted by molar-refractivity contribution is -0.132. The van der Waals surface area contributed by atoms with E-state index in [0.717, 1.165) is 0 Å². The van der Waals surface area contributed by atoms with Gasteiger partial charge in [-0.15, -0.1) is 0 Å². The monoisotopic (exact) mass is 328 g/mol. The fourth-order valence-electron chi connectivity index (χ4n) is 1.96. The van der Waals surface area contributed by atoms with Crippen molar-refractivity contribution < 1.29 is 9.59 Å². The predicted molar refractivity (Wildman–Crippen MR) is 72.1 cm³/mol. The number of piperazine rings is 1. The van der Waals surface area contributed by atoms with E-state index in [1.807, 2.05) is 6.92 Å². The summed E-state index contributed by atoms with van der Waals surface area (Å²) in [5.74, 6) is 5.49. The molecule has 0 spiro atoms. The Bertz CT molecular complexity index is 523. The number of rotatable bonds is 3.